The van der Waals surface area contributed by atoms with Crippen LogP contribution in [0.25, 0.3) is 0 Å². The summed E-state index contributed by atoms with van der Waals surface area (Å²) in [6.45, 7) is 7.04. The van der Waals surface area contributed by atoms with Gasteiger partial charge in [0.25, 0.3) is 0 Å². The summed E-state index contributed by atoms with van der Waals surface area (Å²) in [6, 6.07) is 0.986. The molecule has 0 heterocycles. The lowest BCUT2D eigenvalue weighted by Crippen LogP contribution is -2.22. The molecule has 0 amide bonds. The lowest BCUT2D eigenvalue weighted by Gasteiger charge is -2.13. The van der Waals surface area contributed by atoms with Crippen LogP contribution in [0, 0.1) is 0 Å². The van der Waals surface area contributed by atoms with Gasteiger partial charge < -0.3 is 5.11 Å². The first-order valence-electron chi connectivity index (χ1n) is 4.13. The minimum atomic E-state index is -0.860. The third-order valence-electron chi connectivity index (χ3n) is 1.57. The lowest BCUT2D eigenvalue weighted by atomic mass is 10.5. The highest BCUT2D eigenvalue weighted by molar-refractivity contribution is 6.83. The molecule has 0 aliphatic carbocycles. The van der Waals surface area contributed by atoms with Crippen LogP contribution in [0.2, 0.25) is 31.4 Å². The number of hydrogen-bond acceptors (Lipinski definition) is 1. The van der Waals surface area contributed by atoms with E-state index in [0.717, 1.165) is 6.04 Å². The molecule has 0 unspecified atom stereocenters. The lowest BCUT2D eigenvalue weighted by molar-refractivity contribution is -0.136. The van der Waals surface area contributed by atoms with Crippen molar-refractivity contribution in [3.05, 3.63) is 0 Å². The maximum absolute atomic E-state index is 10.2. The molecular weight excluding hydrogens is 172 g/mol. The van der Waals surface area contributed by atoms with Gasteiger partial charge in [-0.3, -0.25) is 4.79 Å². The van der Waals surface area contributed by atoms with E-state index in [4.69, 9.17) is 5.11 Å². The molecule has 0 aromatic heterocycles. The fourth-order valence-corrected chi connectivity index (χ4v) is 6.73. The number of carboxylic acids is 1. The average molecular weight is 190 g/mol. The van der Waals surface area contributed by atoms with Crippen molar-refractivity contribution in [2.75, 3.05) is 0 Å². The summed E-state index contributed by atoms with van der Waals surface area (Å²) in [5.41, 5.74) is 1.39. The van der Waals surface area contributed by atoms with Crippen LogP contribution in [0.1, 0.15) is 6.42 Å². The molecule has 0 bridgehead atoms. The van der Waals surface area contributed by atoms with E-state index < -0.39 is 14.0 Å². The molecule has 0 aromatic rings. The Morgan fingerprint density at radius 3 is 2.36 bits per heavy atom. The summed E-state index contributed by atoms with van der Waals surface area (Å²) in [6.07, 6.45) is 0.400. The fraction of sp³-hybridized carbons (Fsp3) is 0.857. The van der Waals surface area contributed by atoms with E-state index in [1.807, 2.05) is 0 Å². The highest BCUT2D eigenvalue weighted by Crippen LogP contribution is 2.07. The van der Waals surface area contributed by atoms with Crippen molar-refractivity contribution in [2.45, 2.75) is 37.8 Å². The molecule has 4 heteroatoms. The Morgan fingerprint density at radius 2 is 2.00 bits per heavy atom. The van der Waals surface area contributed by atoms with E-state index in [9.17, 15) is 4.79 Å². The molecule has 1 N–H and O–H groups in total. The zero-order chi connectivity index (χ0) is 8.91. The standard InChI is InChI=1S/C7H18O2Si2/c1-11(2,3)6-10-5-4-7(8)9/h4-6,10H2,1-3H3,(H,8,9). The number of carbonyl (C=O) groups is 1. The van der Waals surface area contributed by atoms with Crippen LogP contribution < -0.4 is 0 Å². The Kier molecular flexibility index (Phi) is 4.67. The number of aliphatic carboxylic acids is 1. The van der Waals surface area contributed by atoms with Gasteiger partial charge in [0.15, 0.2) is 0 Å². The Hall–Kier alpha value is -0.0962. The average Bonchev–Trinajstić information content (AvgIpc) is 1.78. The fourth-order valence-electron chi connectivity index (χ4n) is 0.932. The Balaban J connectivity index is 3.22. The van der Waals surface area contributed by atoms with Gasteiger partial charge in [0.05, 0.1) is 0 Å². The van der Waals surface area contributed by atoms with E-state index in [-0.39, 0.29) is 9.52 Å². The summed E-state index contributed by atoms with van der Waals surface area (Å²) in [5.74, 6) is -0.631. The van der Waals surface area contributed by atoms with Crippen LogP contribution >= 0.6 is 0 Å². The van der Waals surface area contributed by atoms with Crippen molar-refractivity contribution in [1.29, 1.82) is 0 Å². The second-order valence-corrected chi connectivity index (χ2v) is 12.7. The monoisotopic (exact) mass is 190 g/mol. The summed E-state index contributed by atoms with van der Waals surface area (Å²) >= 11 is 0. The summed E-state index contributed by atoms with van der Waals surface area (Å²) in [7, 11) is -0.915. The maximum atomic E-state index is 10.2. The van der Waals surface area contributed by atoms with Gasteiger partial charge in [-0.05, 0) is 0 Å². The Morgan fingerprint density at radius 1 is 1.45 bits per heavy atom. The highest BCUT2D eigenvalue weighted by atomic mass is 28.4. The second-order valence-electron chi connectivity index (χ2n) is 4.16. The first-order valence-corrected chi connectivity index (χ1v) is 9.84. The van der Waals surface area contributed by atoms with Crippen LogP contribution in [0.15, 0.2) is 0 Å². The zero-order valence-corrected chi connectivity index (χ0v) is 10.1. The molecule has 2 nitrogen and oxygen atoms in total. The zero-order valence-electron chi connectivity index (χ0n) is 7.68. The molecule has 0 rings (SSSR count). The topological polar surface area (TPSA) is 37.3 Å². The van der Waals surface area contributed by atoms with Gasteiger partial charge in [0.2, 0.25) is 0 Å². The van der Waals surface area contributed by atoms with E-state index >= 15 is 0 Å². The first-order chi connectivity index (χ1) is 4.92. The molecule has 0 aliphatic heterocycles. The molecule has 0 spiro atoms. The Labute approximate surface area is 71.8 Å². The molecule has 0 saturated heterocycles. The van der Waals surface area contributed by atoms with Gasteiger partial charge in [-0.25, -0.2) is 0 Å². The minimum absolute atomic E-state index is 0.0548. The number of rotatable bonds is 5. The van der Waals surface area contributed by atoms with Crippen LogP contribution in [0.3, 0.4) is 0 Å². The molecule has 0 radical (unpaired) electrons. The van der Waals surface area contributed by atoms with Gasteiger partial charge in [-0.15, -0.1) is 0 Å². The van der Waals surface area contributed by atoms with Gasteiger partial charge in [0.1, 0.15) is 0 Å². The highest BCUT2D eigenvalue weighted by Gasteiger charge is 2.12. The van der Waals surface area contributed by atoms with Gasteiger partial charge >= 0.3 is 5.97 Å². The Bertz CT molecular complexity index is 129. The number of carboxylic acid groups (broad SMARTS) is 1. The van der Waals surface area contributed by atoms with Crippen molar-refractivity contribution in [3.8, 4) is 0 Å². The SMILES string of the molecule is C[Si](C)(C)C[SiH2]CCC(=O)O. The molecule has 0 aromatic carbocycles. The van der Waals surface area contributed by atoms with E-state index in [1.54, 1.807) is 0 Å². The molecule has 0 atom stereocenters. The van der Waals surface area contributed by atoms with Crippen molar-refractivity contribution in [2.24, 2.45) is 0 Å². The molecule has 11 heavy (non-hydrogen) atoms. The van der Waals surface area contributed by atoms with Crippen molar-refractivity contribution in [1.82, 2.24) is 0 Å². The second kappa shape index (κ2) is 4.72. The summed E-state index contributed by atoms with van der Waals surface area (Å²) < 4.78 is 0. The van der Waals surface area contributed by atoms with Gasteiger partial charge in [0, 0.05) is 24.0 Å². The summed E-state index contributed by atoms with van der Waals surface area (Å²) in [4.78, 5) is 10.2. The number of hydrogen-bond donors (Lipinski definition) is 1. The van der Waals surface area contributed by atoms with Crippen LogP contribution in [-0.4, -0.2) is 28.7 Å². The quantitative estimate of drug-likeness (QED) is 0.525. The van der Waals surface area contributed by atoms with Crippen LogP contribution in [-0.2, 0) is 4.79 Å². The van der Waals surface area contributed by atoms with Crippen LogP contribution in [0.4, 0.5) is 0 Å². The predicted octanol–water partition coefficient (Wildman–Crippen LogP) is 1.34. The van der Waals surface area contributed by atoms with Crippen LogP contribution in [0.5, 0.6) is 0 Å². The van der Waals surface area contributed by atoms with Crippen molar-refractivity contribution < 1.29 is 9.90 Å². The normalized spacial score (nSPS) is 12.6. The minimum Gasteiger partial charge on any atom is -0.481 e. The van der Waals surface area contributed by atoms with E-state index in [2.05, 4.69) is 19.6 Å². The largest absolute Gasteiger partial charge is 0.481 e. The summed E-state index contributed by atoms with van der Waals surface area (Å²) in [5, 5.41) is 8.38. The van der Waals surface area contributed by atoms with Gasteiger partial charge in [-0.1, -0.05) is 31.4 Å². The molecular formula is C7H18O2Si2. The predicted molar refractivity (Wildman–Crippen MR) is 53.8 cm³/mol. The molecule has 0 saturated carbocycles. The smallest absolute Gasteiger partial charge is 0.303 e. The van der Waals surface area contributed by atoms with Crippen molar-refractivity contribution in [3.63, 3.8) is 0 Å². The molecule has 66 valence electrons. The third-order valence-corrected chi connectivity index (χ3v) is 9.84. The van der Waals surface area contributed by atoms with E-state index in [1.165, 1.54) is 5.67 Å². The van der Waals surface area contributed by atoms with Crippen molar-refractivity contribution >= 4 is 23.6 Å². The third kappa shape index (κ3) is 9.90. The maximum Gasteiger partial charge on any atom is 0.303 e. The molecule has 0 aliphatic rings. The first kappa shape index (κ1) is 10.9. The van der Waals surface area contributed by atoms with Gasteiger partial charge in [-0.2, -0.15) is 0 Å². The molecule has 0 fully saturated rings. The van der Waals surface area contributed by atoms with E-state index in [0.29, 0.717) is 6.42 Å².